The topological polar surface area (TPSA) is 110 Å². The summed E-state index contributed by atoms with van der Waals surface area (Å²) in [6.07, 6.45) is 0.823. The van der Waals surface area contributed by atoms with Crippen LogP contribution in [-0.2, 0) is 16.1 Å². The van der Waals surface area contributed by atoms with Crippen molar-refractivity contribution in [2.45, 2.75) is 13.5 Å². The van der Waals surface area contributed by atoms with Gasteiger partial charge in [-0.3, -0.25) is 4.79 Å². The lowest BCUT2D eigenvalue weighted by atomic mass is 10.1. The molecule has 6 heteroatoms. The number of carboxylic acid groups (broad SMARTS) is 1. The first kappa shape index (κ1) is 14.4. The fourth-order valence-corrected chi connectivity index (χ4v) is 1.40. The zero-order valence-electron chi connectivity index (χ0n) is 10.3. The molecule has 100 valence electrons. The lowest BCUT2D eigenvalue weighted by molar-refractivity contribution is -0.135. The van der Waals surface area contributed by atoms with E-state index in [0.29, 0.717) is 0 Å². The lowest BCUT2D eigenvalue weighted by Gasteiger charge is -2.07. The predicted molar refractivity (Wildman–Crippen MR) is 69.1 cm³/mol. The molecule has 0 aliphatic carbocycles. The summed E-state index contributed by atoms with van der Waals surface area (Å²) in [6, 6.07) is 6.17. The van der Waals surface area contributed by atoms with Crippen LogP contribution in [0.4, 0.5) is 0 Å². The summed E-state index contributed by atoms with van der Waals surface area (Å²) in [6.45, 7) is 1.53. The second-order valence-electron chi connectivity index (χ2n) is 3.86. The van der Waals surface area contributed by atoms with E-state index < -0.39 is 17.4 Å². The number of phenols is 1. The molecular weight excluding hydrogens is 248 g/mol. The second-order valence-corrected chi connectivity index (χ2v) is 3.86. The van der Waals surface area contributed by atoms with Crippen LogP contribution in [0.5, 0.6) is 5.75 Å². The molecule has 0 bridgehead atoms. The number of carbonyl (C=O) groups excluding carboxylic acids is 1. The molecule has 6 nitrogen and oxygen atoms in total. The van der Waals surface area contributed by atoms with Crippen molar-refractivity contribution in [3.05, 3.63) is 41.0 Å². The van der Waals surface area contributed by atoms with Gasteiger partial charge in [0.2, 0.25) is 0 Å². The van der Waals surface area contributed by atoms with E-state index in [2.05, 4.69) is 5.32 Å². The summed E-state index contributed by atoms with van der Waals surface area (Å²) in [5, 5.41) is 27.5. The number of hydrogen-bond donors (Lipinski definition) is 4. The largest absolute Gasteiger partial charge is 0.508 e. The van der Waals surface area contributed by atoms with E-state index in [4.69, 9.17) is 15.6 Å². The van der Waals surface area contributed by atoms with Gasteiger partial charge in [0, 0.05) is 12.8 Å². The van der Waals surface area contributed by atoms with Crippen molar-refractivity contribution in [2.24, 2.45) is 0 Å². The Labute approximate surface area is 109 Å². The van der Waals surface area contributed by atoms with Gasteiger partial charge in [-0.25, -0.2) is 4.79 Å². The molecular formula is C13H14N2O4. The highest BCUT2D eigenvalue weighted by Gasteiger charge is 2.19. The van der Waals surface area contributed by atoms with E-state index in [1.165, 1.54) is 19.1 Å². The van der Waals surface area contributed by atoms with Crippen LogP contribution >= 0.6 is 0 Å². The first-order valence-electron chi connectivity index (χ1n) is 5.46. The summed E-state index contributed by atoms with van der Waals surface area (Å²) < 4.78 is 0. The molecule has 1 rings (SSSR count). The van der Waals surface area contributed by atoms with Gasteiger partial charge in [-0.2, -0.15) is 0 Å². The Kier molecular flexibility index (Phi) is 4.82. The third-order valence-electron chi connectivity index (χ3n) is 2.44. The molecule has 0 aromatic heterocycles. The molecule has 0 saturated carbocycles. The molecule has 0 heterocycles. The second kappa shape index (κ2) is 6.34. The van der Waals surface area contributed by atoms with E-state index in [0.717, 1.165) is 11.8 Å². The van der Waals surface area contributed by atoms with Crippen molar-refractivity contribution in [3.8, 4) is 5.75 Å². The van der Waals surface area contributed by atoms with Crippen molar-refractivity contribution in [3.63, 3.8) is 0 Å². The van der Waals surface area contributed by atoms with Crippen LogP contribution in [0.2, 0.25) is 0 Å². The van der Waals surface area contributed by atoms with Crippen molar-refractivity contribution in [2.75, 3.05) is 0 Å². The highest BCUT2D eigenvalue weighted by molar-refractivity contribution is 6.18. The van der Waals surface area contributed by atoms with Gasteiger partial charge in [0.15, 0.2) is 0 Å². The van der Waals surface area contributed by atoms with Crippen molar-refractivity contribution >= 4 is 18.1 Å². The average molecular weight is 262 g/mol. The van der Waals surface area contributed by atoms with Gasteiger partial charge in [0.25, 0.3) is 5.91 Å². The summed E-state index contributed by atoms with van der Waals surface area (Å²) in [5.74, 6) is -2.01. The molecule has 0 fully saturated rings. The number of nitrogens with one attached hydrogen (secondary N) is 2. The fraction of sp³-hybridized carbons (Fsp3) is 0.154. The van der Waals surface area contributed by atoms with Crippen LogP contribution in [0.25, 0.3) is 0 Å². The lowest BCUT2D eigenvalue weighted by Crippen LogP contribution is -2.29. The number of carbonyl (C=O) groups is 2. The number of rotatable bonds is 5. The molecule has 0 unspecified atom stereocenters. The molecule has 0 atom stereocenters. The van der Waals surface area contributed by atoms with Gasteiger partial charge in [-0.1, -0.05) is 12.1 Å². The minimum Gasteiger partial charge on any atom is -0.508 e. The van der Waals surface area contributed by atoms with E-state index >= 15 is 0 Å². The molecule has 0 aliphatic heterocycles. The molecule has 4 N–H and O–H groups in total. The number of amides is 1. The number of benzene rings is 1. The highest BCUT2D eigenvalue weighted by Crippen LogP contribution is 2.10. The van der Waals surface area contributed by atoms with Crippen molar-refractivity contribution in [1.29, 1.82) is 5.41 Å². The molecule has 0 radical (unpaired) electrons. The summed E-state index contributed by atoms with van der Waals surface area (Å²) in [4.78, 5) is 22.7. The number of aliphatic carboxylic acids is 1. The fourth-order valence-electron chi connectivity index (χ4n) is 1.40. The van der Waals surface area contributed by atoms with Crippen molar-refractivity contribution < 1.29 is 19.8 Å². The smallest absolute Gasteiger partial charge is 0.341 e. The number of allylic oxidation sites excluding steroid dienone is 1. The first-order valence-corrected chi connectivity index (χ1v) is 5.46. The zero-order chi connectivity index (χ0) is 14.4. The summed E-state index contributed by atoms with van der Waals surface area (Å²) >= 11 is 0. The van der Waals surface area contributed by atoms with Crippen LogP contribution in [0.3, 0.4) is 0 Å². The van der Waals surface area contributed by atoms with Crippen LogP contribution in [-0.4, -0.2) is 28.3 Å². The molecule has 0 spiro atoms. The molecule has 1 aromatic carbocycles. The van der Waals surface area contributed by atoms with Gasteiger partial charge in [-0.15, -0.1) is 0 Å². The van der Waals surface area contributed by atoms with E-state index in [1.807, 2.05) is 0 Å². The molecule has 0 saturated heterocycles. The van der Waals surface area contributed by atoms with E-state index in [-0.39, 0.29) is 17.9 Å². The minimum absolute atomic E-state index is 0.0794. The summed E-state index contributed by atoms with van der Waals surface area (Å²) in [5.41, 5.74) is 0.355. The van der Waals surface area contributed by atoms with Crippen molar-refractivity contribution in [1.82, 2.24) is 5.32 Å². The first-order chi connectivity index (χ1) is 8.95. The van der Waals surface area contributed by atoms with E-state index in [9.17, 15) is 9.59 Å². The maximum absolute atomic E-state index is 11.7. The Balaban J connectivity index is 2.76. The zero-order valence-corrected chi connectivity index (χ0v) is 10.3. The number of phenolic OH excluding ortho intramolecular Hbond substituents is 1. The van der Waals surface area contributed by atoms with Gasteiger partial charge in [0.05, 0.1) is 0 Å². The Morgan fingerprint density at radius 2 is 1.89 bits per heavy atom. The third kappa shape index (κ3) is 3.95. The van der Waals surface area contributed by atoms with Gasteiger partial charge in [-0.05, 0) is 30.2 Å². The Morgan fingerprint density at radius 1 is 1.32 bits per heavy atom. The SMILES string of the molecule is C/C(C=N)=C(\C(=O)O)C(=O)NCc1ccc(O)cc1. The van der Waals surface area contributed by atoms with Crippen LogP contribution < -0.4 is 5.32 Å². The maximum atomic E-state index is 11.7. The molecule has 1 aromatic rings. The summed E-state index contributed by atoms with van der Waals surface area (Å²) in [7, 11) is 0. The van der Waals surface area contributed by atoms with Gasteiger partial charge in [0.1, 0.15) is 11.3 Å². The number of carboxylic acids is 1. The van der Waals surface area contributed by atoms with Crippen LogP contribution in [0.15, 0.2) is 35.4 Å². The Morgan fingerprint density at radius 3 is 2.37 bits per heavy atom. The van der Waals surface area contributed by atoms with E-state index in [1.54, 1.807) is 12.1 Å². The number of aromatic hydroxyl groups is 1. The van der Waals surface area contributed by atoms with Gasteiger partial charge < -0.3 is 20.9 Å². The van der Waals surface area contributed by atoms with Gasteiger partial charge >= 0.3 is 5.97 Å². The number of hydrogen-bond acceptors (Lipinski definition) is 4. The minimum atomic E-state index is -1.37. The average Bonchev–Trinajstić information content (AvgIpc) is 2.37. The standard InChI is InChI=1S/C13H14N2O4/c1-8(6-14)11(13(18)19)12(17)15-7-9-2-4-10(16)5-3-9/h2-6,14,16H,7H2,1H3,(H,15,17)(H,18,19)/b11-8+,14-6?. The predicted octanol–water partition coefficient (Wildman–Crippen LogP) is 1.06. The van der Waals surface area contributed by atoms with Crippen LogP contribution in [0.1, 0.15) is 12.5 Å². The third-order valence-corrected chi connectivity index (χ3v) is 2.44. The van der Waals surface area contributed by atoms with Crippen LogP contribution in [0, 0.1) is 5.41 Å². The maximum Gasteiger partial charge on any atom is 0.341 e. The monoisotopic (exact) mass is 262 g/mol. The Bertz CT molecular complexity index is 532. The molecule has 19 heavy (non-hydrogen) atoms. The highest BCUT2D eigenvalue weighted by atomic mass is 16.4. The normalized spacial score (nSPS) is 11.4. The quantitative estimate of drug-likeness (QED) is 0.275. The molecule has 0 aliphatic rings. The Hall–Kier alpha value is -2.63. The molecule has 1 amide bonds.